The van der Waals surface area contributed by atoms with Crippen molar-refractivity contribution in [3.05, 3.63) is 18.2 Å². The highest BCUT2D eigenvalue weighted by atomic mass is 16.5. The van der Waals surface area contributed by atoms with Crippen LogP contribution in [0.1, 0.15) is 278 Å². The molecule has 1 rings (SSSR count). The number of nitrogens with zero attached hydrogens (tertiary/aromatic N) is 3. The van der Waals surface area contributed by atoms with Gasteiger partial charge in [-0.2, -0.15) is 0 Å². The first-order valence-corrected chi connectivity index (χ1v) is 28.3. The largest absolute Gasteiger partial charge is 0.465 e. The van der Waals surface area contributed by atoms with Gasteiger partial charge in [0.05, 0.1) is 25.2 Å². The van der Waals surface area contributed by atoms with E-state index in [9.17, 15) is 9.59 Å². The monoisotopic (exact) mass is 900 g/mol. The number of imidazole rings is 1. The Hall–Kier alpha value is -1.89. The summed E-state index contributed by atoms with van der Waals surface area (Å²) in [5.74, 6) is 1.88. The van der Waals surface area contributed by atoms with E-state index in [-0.39, 0.29) is 11.9 Å². The van der Waals surface area contributed by atoms with Crippen LogP contribution >= 0.6 is 0 Å². The summed E-state index contributed by atoms with van der Waals surface area (Å²) in [6.45, 7) is 20.5. The molecule has 3 atom stereocenters. The van der Waals surface area contributed by atoms with E-state index in [1.807, 2.05) is 6.33 Å². The molecule has 0 saturated carbocycles. The summed E-state index contributed by atoms with van der Waals surface area (Å²) in [4.78, 5) is 32.6. The summed E-state index contributed by atoms with van der Waals surface area (Å²) in [5.41, 5.74) is 1.10. The van der Waals surface area contributed by atoms with Crippen LogP contribution < -0.4 is 0 Å². The maximum atomic E-state index is 12.6. The summed E-state index contributed by atoms with van der Waals surface area (Å²) >= 11 is 0. The molecule has 7 heteroatoms. The second kappa shape index (κ2) is 43.7. The van der Waals surface area contributed by atoms with Gasteiger partial charge < -0.3 is 18.9 Å². The fourth-order valence-corrected chi connectivity index (χ4v) is 9.75. The highest BCUT2D eigenvalue weighted by Crippen LogP contribution is 2.24. The number of esters is 2. The van der Waals surface area contributed by atoms with Crippen molar-refractivity contribution in [2.45, 2.75) is 292 Å². The van der Waals surface area contributed by atoms with E-state index >= 15 is 0 Å². The first-order chi connectivity index (χ1) is 31.3. The van der Waals surface area contributed by atoms with Crippen LogP contribution in [0.4, 0.5) is 0 Å². The fraction of sp³-hybridized carbons (Fsp3) is 0.912. The number of carbonyl (C=O) groups is 2. The van der Waals surface area contributed by atoms with Gasteiger partial charge in [0, 0.05) is 44.7 Å². The van der Waals surface area contributed by atoms with Gasteiger partial charge in [0.1, 0.15) is 0 Å². The number of ether oxygens (including phenoxy) is 2. The molecule has 0 bridgehead atoms. The highest BCUT2D eigenvalue weighted by Gasteiger charge is 2.21. The Morgan fingerprint density at radius 2 is 0.953 bits per heavy atom. The third-order valence-electron chi connectivity index (χ3n) is 14.1. The minimum atomic E-state index is 0.0178. The first-order valence-electron chi connectivity index (χ1n) is 28.3. The van der Waals surface area contributed by atoms with Crippen LogP contribution in [0.5, 0.6) is 0 Å². The molecule has 0 aliphatic heterocycles. The predicted molar refractivity (Wildman–Crippen MR) is 275 cm³/mol. The SMILES string of the molecule is CCCCCCC(CCCC)COC(=O)CCCCCCCCC(CCCCCCCCC(=O)OCC(CCCC)CCCCCC)N(CCCn1cnc(C)c1)CC(CC)CCC. The number of carbonyl (C=O) groups excluding carboxylic acids is 2. The summed E-state index contributed by atoms with van der Waals surface area (Å²) in [6, 6.07) is 0.639. The smallest absolute Gasteiger partial charge is 0.305 e. The van der Waals surface area contributed by atoms with Crippen molar-refractivity contribution in [1.82, 2.24) is 14.5 Å². The molecule has 0 fully saturated rings. The second-order valence-corrected chi connectivity index (χ2v) is 20.2. The van der Waals surface area contributed by atoms with Crippen molar-refractivity contribution in [3.8, 4) is 0 Å². The number of unbranched alkanes of at least 4 members (excludes halogenated alkanes) is 18. The Bertz CT molecular complexity index is 1120. The Kier molecular flexibility index (Phi) is 41.0. The molecule has 0 spiro atoms. The Balaban J connectivity index is 2.60. The van der Waals surface area contributed by atoms with Gasteiger partial charge in [-0.1, -0.05) is 196 Å². The molecule has 376 valence electrons. The number of hydrogen-bond acceptors (Lipinski definition) is 6. The van der Waals surface area contributed by atoms with E-state index in [1.54, 1.807) is 0 Å². The number of rotatable bonds is 48. The Morgan fingerprint density at radius 1 is 0.516 bits per heavy atom. The normalized spacial score (nSPS) is 13.6. The molecule has 7 nitrogen and oxygen atoms in total. The van der Waals surface area contributed by atoms with Crippen molar-refractivity contribution >= 4 is 11.9 Å². The van der Waals surface area contributed by atoms with E-state index < -0.39 is 0 Å². The van der Waals surface area contributed by atoms with Crippen molar-refractivity contribution in [3.63, 3.8) is 0 Å². The van der Waals surface area contributed by atoms with Crippen LogP contribution in [0, 0.1) is 24.7 Å². The molecule has 3 unspecified atom stereocenters. The maximum Gasteiger partial charge on any atom is 0.305 e. The lowest BCUT2D eigenvalue weighted by Gasteiger charge is -2.35. The standard InChI is InChI=1S/C57H109N3O4/c1-8-14-18-28-38-53(36-16-10-3)48-63-56(61)42-32-26-22-20-24-30-40-55(60(47-52(13-6)35-12-5)45-34-44-59-46-51(7)58-50-59)41-31-25-21-23-27-33-43-57(62)64-49-54(37-17-11-4)39-29-19-15-9-2/h46,50,52-55H,8-45,47-49H2,1-7H3. The molecule has 0 aliphatic carbocycles. The molecule has 1 heterocycles. The van der Waals surface area contributed by atoms with Crippen LogP contribution in [0.15, 0.2) is 12.5 Å². The third-order valence-corrected chi connectivity index (χ3v) is 14.1. The van der Waals surface area contributed by atoms with Crippen LogP contribution in [0.25, 0.3) is 0 Å². The molecule has 1 aromatic rings. The summed E-state index contributed by atoms with van der Waals surface area (Å²) in [7, 11) is 0. The van der Waals surface area contributed by atoms with E-state index in [1.165, 1.54) is 193 Å². The van der Waals surface area contributed by atoms with Crippen molar-refractivity contribution in [2.24, 2.45) is 17.8 Å². The molecular formula is C57H109N3O4. The second-order valence-electron chi connectivity index (χ2n) is 20.2. The van der Waals surface area contributed by atoms with Crippen LogP contribution in [-0.4, -0.2) is 58.7 Å². The van der Waals surface area contributed by atoms with Crippen molar-refractivity contribution < 1.29 is 19.1 Å². The van der Waals surface area contributed by atoms with E-state index in [0.717, 1.165) is 56.8 Å². The van der Waals surface area contributed by atoms with Crippen LogP contribution in [0.3, 0.4) is 0 Å². The first kappa shape index (κ1) is 60.1. The summed E-state index contributed by atoms with van der Waals surface area (Å²) in [5, 5.41) is 0. The molecule has 1 aromatic heterocycles. The van der Waals surface area contributed by atoms with Crippen molar-refractivity contribution in [2.75, 3.05) is 26.3 Å². The topological polar surface area (TPSA) is 73.7 Å². The lowest BCUT2D eigenvalue weighted by molar-refractivity contribution is -0.146. The number of aryl methyl sites for hydroxylation is 2. The molecule has 0 aliphatic rings. The molecular weight excluding hydrogens is 791 g/mol. The van der Waals surface area contributed by atoms with Gasteiger partial charge in [-0.05, 0) is 88.9 Å². The van der Waals surface area contributed by atoms with Crippen molar-refractivity contribution in [1.29, 1.82) is 0 Å². The summed E-state index contributed by atoms with van der Waals surface area (Å²) in [6.07, 6.45) is 47.2. The Labute approximate surface area is 398 Å². The van der Waals surface area contributed by atoms with Gasteiger partial charge in [-0.3, -0.25) is 9.59 Å². The molecule has 0 N–H and O–H groups in total. The van der Waals surface area contributed by atoms with Gasteiger partial charge in [0.25, 0.3) is 0 Å². The summed E-state index contributed by atoms with van der Waals surface area (Å²) < 4.78 is 13.9. The van der Waals surface area contributed by atoms with Gasteiger partial charge in [0.15, 0.2) is 0 Å². The predicted octanol–water partition coefficient (Wildman–Crippen LogP) is 17.0. The lowest BCUT2D eigenvalue weighted by atomic mass is 9.95. The zero-order valence-corrected chi connectivity index (χ0v) is 43.9. The van der Waals surface area contributed by atoms with Gasteiger partial charge in [-0.15, -0.1) is 0 Å². The zero-order chi connectivity index (χ0) is 46.7. The van der Waals surface area contributed by atoms with Gasteiger partial charge in [0.2, 0.25) is 0 Å². The fourth-order valence-electron chi connectivity index (χ4n) is 9.75. The van der Waals surface area contributed by atoms with Crippen LogP contribution in [0.2, 0.25) is 0 Å². The molecule has 0 amide bonds. The maximum absolute atomic E-state index is 12.6. The zero-order valence-electron chi connectivity index (χ0n) is 43.9. The van der Waals surface area contributed by atoms with E-state index in [0.29, 0.717) is 43.9 Å². The average molecular weight is 901 g/mol. The molecule has 64 heavy (non-hydrogen) atoms. The lowest BCUT2D eigenvalue weighted by Crippen LogP contribution is -2.40. The minimum Gasteiger partial charge on any atom is -0.465 e. The van der Waals surface area contributed by atoms with Gasteiger partial charge in [-0.25, -0.2) is 4.98 Å². The third kappa shape index (κ3) is 34.4. The number of aromatic nitrogens is 2. The average Bonchev–Trinajstić information content (AvgIpc) is 3.72. The van der Waals surface area contributed by atoms with Gasteiger partial charge >= 0.3 is 11.9 Å². The van der Waals surface area contributed by atoms with E-state index in [2.05, 4.69) is 69.1 Å². The van der Waals surface area contributed by atoms with Crippen LogP contribution in [-0.2, 0) is 25.6 Å². The number of hydrogen-bond donors (Lipinski definition) is 0. The van der Waals surface area contributed by atoms with E-state index in [4.69, 9.17) is 9.47 Å². The quantitative estimate of drug-likeness (QED) is 0.0479. The highest BCUT2D eigenvalue weighted by molar-refractivity contribution is 5.69. The minimum absolute atomic E-state index is 0.0178. The molecule has 0 aromatic carbocycles. The molecule has 0 radical (unpaired) electrons. The Morgan fingerprint density at radius 3 is 1.39 bits per heavy atom. The molecule has 0 saturated heterocycles.